The van der Waals surface area contributed by atoms with E-state index < -0.39 is 27.6 Å². The van der Waals surface area contributed by atoms with Crippen molar-refractivity contribution in [2.45, 2.75) is 24.7 Å². The Balaban J connectivity index is 2.61. The first-order valence-electron chi connectivity index (χ1n) is 7.29. The van der Waals surface area contributed by atoms with Gasteiger partial charge in [0.05, 0.1) is 10.6 Å². The smallest absolute Gasteiger partial charge is 0.264 e. The molecular weight excluding hydrogens is 353 g/mol. The van der Waals surface area contributed by atoms with Crippen LogP contribution in [0.3, 0.4) is 0 Å². The largest absolute Gasteiger partial charge is 0.279 e. The van der Waals surface area contributed by atoms with Crippen LogP contribution in [-0.2, 0) is 14.8 Å². The summed E-state index contributed by atoms with van der Waals surface area (Å²) in [6.45, 7) is 3.33. The van der Waals surface area contributed by atoms with Crippen LogP contribution in [0.15, 0.2) is 53.4 Å². The Hall–Kier alpha value is -1.92. The number of nitrogens with zero attached hydrogens (tertiary/aromatic N) is 1. The van der Waals surface area contributed by atoms with Gasteiger partial charge in [-0.25, -0.2) is 12.8 Å². The molecule has 4 nitrogen and oxygen atoms in total. The Kier molecular flexibility index (Phi) is 5.62. The monoisotopic (exact) mass is 369 g/mol. The van der Waals surface area contributed by atoms with Gasteiger partial charge in [0.2, 0.25) is 5.24 Å². The van der Waals surface area contributed by atoms with E-state index in [-0.39, 0.29) is 10.8 Å². The minimum Gasteiger partial charge on any atom is -0.279 e. The number of halogens is 2. The molecule has 0 aromatic heterocycles. The molecule has 0 spiro atoms. The lowest BCUT2D eigenvalue weighted by atomic mass is 10.0. The molecule has 2 aromatic rings. The molecule has 7 heteroatoms. The van der Waals surface area contributed by atoms with Crippen molar-refractivity contribution >= 4 is 32.6 Å². The minimum absolute atomic E-state index is 0.0394. The number of carbonyl (C=O) groups excluding carboxylic acids is 1. The first kappa shape index (κ1) is 18.4. The SMILES string of the molecule is CC(C)c1ccccc1N(CC(=O)Cl)S(=O)(=O)c1ccc(F)cc1. The maximum Gasteiger partial charge on any atom is 0.264 e. The topological polar surface area (TPSA) is 54.5 Å². The van der Waals surface area contributed by atoms with Gasteiger partial charge < -0.3 is 0 Å². The molecule has 0 amide bonds. The van der Waals surface area contributed by atoms with Gasteiger partial charge in [-0.1, -0.05) is 32.0 Å². The molecule has 128 valence electrons. The highest BCUT2D eigenvalue weighted by Gasteiger charge is 2.28. The summed E-state index contributed by atoms with van der Waals surface area (Å²) >= 11 is 5.47. The lowest BCUT2D eigenvalue weighted by Crippen LogP contribution is -2.35. The van der Waals surface area contributed by atoms with E-state index in [4.69, 9.17) is 11.6 Å². The number of hydrogen-bond donors (Lipinski definition) is 0. The lowest BCUT2D eigenvalue weighted by molar-refractivity contribution is -0.110. The van der Waals surface area contributed by atoms with Crippen LogP contribution in [0.4, 0.5) is 10.1 Å². The molecule has 0 atom stereocenters. The average Bonchev–Trinajstić information content (AvgIpc) is 2.52. The molecule has 24 heavy (non-hydrogen) atoms. The van der Waals surface area contributed by atoms with Crippen molar-refractivity contribution in [2.75, 3.05) is 10.8 Å². The summed E-state index contributed by atoms with van der Waals surface area (Å²) in [6, 6.07) is 11.3. The number of benzene rings is 2. The van der Waals surface area contributed by atoms with Crippen LogP contribution in [-0.4, -0.2) is 20.2 Å². The van der Waals surface area contributed by atoms with Gasteiger partial charge in [-0.3, -0.25) is 9.10 Å². The molecule has 0 aliphatic rings. The minimum atomic E-state index is -4.06. The van der Waals surface area contributed by atoms with E-state index in [0.29, 0.717) is 5.69 Å². The first-order chi connectivity index (χ1) is 11.2. The second kappa shape index (κ2) is 7.32. The zero-order valence-electron chi connectivity index (χ0n) is 13.2. The Bertz CT molecular complexity index is 835. The highest BCUT2D eigenvalue weighted by atomic mass is 35.5. The van der Waals surface area contributed by atoms with Crippen LogP contribution in [0.25, 0.3) is 0 Å². The molecule has 0 saturated heterocycles. The van der Waals surface area contributed by atoms with Crippen molar-refractivity contribution in [3.63, 3.8) is 0 Å². The molecule has 0 saturated carbocycles. The molecular formula is C17H17ClFNO3S. The van der Waals surface area contributed by atoms with E-state index in [1.807, 2.05) is 13.8 Å². The molecule has 0 N–H and O–H groups in total. The van der Waals surface area contributed by atoms with E-state index in [1.54, 1.807) is 24.3 Å². The van der Waals surface area contributed by atoms with Crippen LogP contribution in [0.2, 0.25) is 0 Å². The second-order valence-corrected chi connectivity index (χ2v) is 7.82. The summed E-state index contributed by atoms with van der Waals surface area (Å²) in [6.07, 6.45) is 0. The van der Waals surface area contributed by atoms with Crippen molar-refractivity contribution in [3.8, 4) is 0 Å². The normalized spacial score (nSPS) is 11.5. The van der Waals surface area contributed by atoms with Crippen molar-refractivity contribution in [1.29, 1.82) is 0 Å². The van der Waals surface area contributed by atoms with E-state index >= 15 is 0 Å². The summed E-state index contributed by atoms with van der Waals surface area (Å²) in [7, 11) is -4.06. The standard InChI is InChI=1S/C17H17ClFNO3S/c1-12(2)15-5-3-4-6-16(15)20(11-17(18)21)24(22,23)14-9-7-13(19)8-10-14/h3-10,12H,11H2,1-2H3. The number of carbonyl (C=O) groups is 1. The third kappa shape index (κ3) is 3.94. The van der Waals surface area contributed by atoms with Crippen molar-refractivity contribution < 1.29 is 17.6 Å². The Labute approximate surface area is 145 Å². The maximum atomic E-state index is 13.1. The molecule has 0 aliphatic heterocycles. The van der Waals surface area contributed by atoms with Crippen molar-refractivity contribution in [2.24, 2.45) is 0 Å². The van der Waals surface area contributed by atoms with Crippen LogP contribution in [0.1, 0.15) is 25.3 Å². The fourth-order valence-electron chi connectivity index (χ4n) is 2.35. The van der Waals surface area contributed by atoms with Gasteiger partial charge in [0.15, 0.2) is 0 Å². The van der Waals surface area contributed by atoms with Gasteiger partial charge in [0.1, 0.15) is 12.4 Å². The van der Waals surface area contributed by atoms with Gasteiger partial charge in [0.25, 0.3) is 10.0 Å². The highest BCUT2D eigenvalue weighted by Crippen LogP contribution is 2.31. The quantitative estimate of drug-likeness (QED) is 0.725. The number of sulfonamides is 1. The molecule has 0 heterocycles. The molecule has 2 aromatic carbocycles. The molecule has 0 radical (unpaired) electrons. The van der Waals surface area contributed by atoms with Gasteiger partial charge >= 0.3 is 0 Å². The predicted octanol–water partition coefficient (Wildman–Crippen LogP) is 3.91. The van der Waals surface area contributed by atoms with Crippen molar-refractivity contribution in [3.05, 3.63) is 59.9 Å². The van der Waals surface area contributed by atoms with Gasteiger partial charge in [-0.15, -0.1) is 0 Å². The van der Waals surface area contributed by atoms with E-state index in [2.05, 4.69) is 0 Å². The number of para-hydroxylation sites is 1. The van der Waals surface area contributed by atoms with Crippen LogP contribution in [0, 0.1) is 5.82 Å². The summed E-state index contributed by atoms with van der Waals surface area (Å²) in [5.74, 6) is -0.506. The Morgan fingerprint density at radius 2 is 1.71 bits per heavy atom. The average molecular weight is 370 g/mol. The van der Waals surface area contributed by atoms with Crippen LogP contribution in [0.5, 0.6) is 0 Å². The van der Waals surface area contributed by atoms with E-state index in [0.717, 1.165) is 34.1 Å². The summed E-state index contributed by atoms with van der Waals surface area (Å²) in [4.78, 5) is 11.3. The zero-order valence-corrected chi connectivity index (χ0v) is 14.8. The molecule has 0 aliphatic carbocycles. The van der Waals surface area contributed by atoms with Crippen LogP contribution >= 0.6 is 11.6 Å². The van der Waals surface area contributed by atoms with E-state index in [9.17, 15) is 17.6 Å². The lowest BCUT2D eigenvalue weighted by Gasteiger charge is -2.26. The third-order valence-electron chi connectivity index (χ3n) is 3.50. The van der Waals surface area contributed by atoms with Gasteiger partial charge in [0, 0.05) is 0 Å². The summed E-state index contributed by atoms with van der Waals surface area (Å²) < 4.78 is 40.0. The number of hydrogen-bond acceptors (Lipinski definition) is 3. The fourth-order valence-corrected chi connectivity index (χ4v) is 3.99. The summed E-state index contributed by atoms with van der Waals surface area (Å²) in [5, 5.41) is -0.806. The number of anilines is 1. The van der Waals surface area contributed by atoms with Crippen molar-refractivity contribution in [1.82, 2.24) is 0 Å². The summed E-state index contributed by atoms with van der Waals surface area (Å²) in [5.41, 5.74) is 1.15. The van der Waals surface area contributed by atoms with Crippen LogP contribution < -0.4 is 4.31 Å². The number of rotatable bonds is 6. The zero-order chi connectivity index (χ0) is 17.9. The molecule has 0 fully saturated rings. The molecule has 2 rings (SSSR count). The second-order valence-electron chi connectivity index (χ2n) is 5.53. The molecule has 0 bridgehead atoms. The fraction of sp³-hybridized carbons (Fsp3) is 0.235. The third-order valence-corrected chi connectivity index (χ3v) is 5.39. The van der Waals surface area contributed by atoms with E-state index in [1.165, 1.54) is 0 Å². The van der Waals surface area contributed by atoms with Gasteiger partial charge in [-0.05, 0) is 53.4 Å². The predicted molar refractivity (Wildman–Crippen MR) is 92.3 cm³/mol. The Morgan fingerprint density at radius 1 is 1.12 bits per heavy atom. The van der Waals surface area contributed by atoms with Gasteiger partial charge in [-0.2, -0.15) is 0 Å². The first-order valence-corrected chi connectivity index (χ1v) is 9.11. The maximum absolute atomic E-state index is 13.1. The highest BCUT2D eigenvalue weighted by molar-refractivity contribution is 7.92. The Morgan fingerprint density at radius 3 is 2.25 bits per heavy atom. The molecule has 0 unspecified atom stereocenters.